The van der Waals surface area contributed by atoms with Gasteiger partial charge in [0.1, 0.15) is 23.1 Å². The number of carbonyl (C=O) groups is 1. The summed E-state index contributed by atoms with van der Waals surface area (Å²) in [4.78, 5) is 16.2. The zero-order chi connectivity index (χ0) is 14.7. The van der Waals surface area contributed by atoms with E-state index in [1.165, 1.54) is 11.8 Å². The maximum Gasteiger partial charge on any atom is 0.209 e. The first-order chi connectivity index (χ1) is 10.2. The normalized spacial score (nSPS) is 19.5. The van der Waals surface area contributed by atoms with Crippen molar-refractivity contribution in [3.05, 3.63) is 29.5 Å². The predicted octanol–water partition coefficient (Wildman–Crippen LogP) is 3.48. The molecule has 21 heavy (non-hydrogen) atoms. The van der Waals surface area contributed by atoms with E-state index < -0.39 is 0 Å². The van der Waals surface area contributed by atoms with E-state index in [1.54, 1.807) is 0 Å². The van der Waals surface area contributed by atoms with Crippen LogP contribution in [0.4, 0.5) is 0 Å². The summed E-state index contributed by atoms with van der Waals surface area (Å²) in [6.45, 7) is 1.90. The molecule has 0 saturated heterocycles. The molecule has 0 aromatic carbocycles. The molecule has 2 aromatic heterocycles. The van der Waals surface area contributed by atoms with Crippen LogP contribution in [0.5, 0.6) is 0 Å². The average Bonchev–Trinajstić information content (AvgIpc) is 3.08. The highest BCUT2D eigenvalue weighted by atomic mass is 32.2. The molecule has 6 heteroatoms. The number of Topliss-reactive ketones (excluding diaryl/α,β-unsaturated/α-hetero) is 1. The van der Waals surface area contributed by atoms with Gasteiger partial charge in [-0.05, 0) is 44.1 Å². The van der Waals surface area contributed by atoms with Crippen LogP contribution < -0.4 is 0 Å². The molecule has 0 amide bonds. The fraction of sp³-hybridized carbons (Fsp3) is 0.400. The van der Waals surface area contributed by atoms with Crippen LogP contribution in [0.2, 0.25) is 0 Å². The Hall–Kier alpha value is -1.82. The van der Waals surface area contributed by atoms with E-state index in [1.807, 2.05) is 31.2 Å². The number of aromatic nitrogens is 3. The van der Waals surface area contributed by atoms with E-state index in [4.69, 9.17) is 4.42 Å². The maximum absolute atomic E-state index is 11.8. The van der Waals surface area contributed by atoms with Crippen molar-refractivity contribution in [2.45, 2.75) is 43.0 Å². The second-order valence-corrected chi connectivity index (χ2v) is 6.27. The van der Waals surface area contributed by atoms with Crippen LogP contribution in [0.15, 0.2) is 21.7 Å². The number of hydrogen-bond donors (Lipinski definition) is 1. The molecule has 1 N–H and O–H groups in total. The van der Waals surface area contributed by atoms with Gasteiger partial charge in [0.15, 0.2) is 0 Å². The third-order valence-electron chi connectivity index (χ3n) is 3.40. The molecule has 3 rings (SSSR count). The Labute approximate surface area is 127 Å². The van der Waals surface area contributed by atoms with Gasteiger partial charge in [0.25, 0.3) is 0 Å². The first-order valence-corrected chi connectivity index (χ1v) is 7.95. The van der Waals surface area contributed by atoms with E-state index >= 15 is 0 Å². The second-order valence-electron chi connectivity index (χ2n) is 5.10. The molecular weight excluding hydrogens is 286 g/mol. The number of furan rings is 1. The van der Waals surface area contributed by atoms with Crippen LogP contribution in [0.3, 0.4) is 0 Å². The number of carbonyl (C=O) groups excluding carboxylic acids is 1. The standard InChI is InChI=1S/C15H17N3O2S/c1-10-6-7-11(20-10)8-9-14-16-15(18-17-14)21-13-5-3-2-4-12(13)19/h6-9,13H,2-5H2,1H3,(H,16,17,18). The van der Waals surface area contributed by atoms with E-state index in [0.717, 1.165) is 30.8 Å². The Kier molecular flexibility index (Phi) is 4.24. The van der Waals surface area contributed by atoms with Crippen molar-refractivity contribution in [2.24, 2.45) is 0 Å². The summed E-state index contributed by atoms with van der Waals surface area (Å²) >= 11 is 1.46. The molecule has 1 aliphatic rings. The molecule has 1 saturated carbocycles. The number of thioether (sulfide) groups is 1. The number of hydrogen-bond acceptors (Lipinski definition) is 5. The summed E-state index contributed by atoms with van der Waals surface area (Å²) in [5.41, 5.74) is 0. The van der Waals surface area contributed by atoms with Crippen LogP contribution in [-0.2, 0) is 4.79 Å². The third-order valence-corrected chi connectivity index (χ3v) is 4.57. The monoisotopic (exact) mass is 303 g/mol. The van der Waals surface area contributed by atoms with Crippen molar-refractivity contribution in [3.63, 3.8) is 0 Å². The number of nitrogens with zero attached hydrogens (tertiary/aromatic N) is 2. The fourth-order valence-corrected chi connectivity index (χ4v) is 3.33. The lowest BCUT2D eigenvalue weighted by Crippen LogP contribution is -2.21. The molecule has 0 radical (unpaired) electrons. The Bertz CT molecular complexity index is 659. The smallest absolute Gasteiger partial charge is 0.209 e. The third kappa shape index (κ3) is 3.64. The van der Waals surface area contributed by atoms with Crippen LogP contribution in [-0.4, -0.2) is 26.2 Å². The van der Waals surface area contributed by atoms with E-state index in [0.29, 0.717) is 23.2 Å². The molecule has 110 valence electrons. The van der Waals surface area contributed by atoms with Gasteiger partial charge in [-0.3, -0.25) is 9.89 Å². The maximum atomic E-state index is 11.8. The van der Waals surface area contributed by atoms with Crippen molar-refractivity contribution in [1.82, 2.24) is 15.2 Å². The summed E-state index contributed by atoms with van der Waals surface area (Å²) < 4.78 is 5.45. The second kappa shape index (κ2) is 6.30. The van der Waals surface area contributed by atoms with Gasteiger partial charge >= 0.3 is 0 Å². The number of ketones is 1. The van der Waals surface area contributed by atoms with Gasteiger partial charge in [-0.2, -0.15) is 0 Å². The van der Waals surface area contributed by atoms with E-state index in [9.17, 15) is 4.79 Å². The summed E-state index contributed by atoms with van der Waals surface area (Å²) in [6, 6.07) is 3.81. The molecule has 1 fully saturated rings. The topological polar surface area (TPSA) is 71.8 Å². The zero-order valence-electron chi connectivity index (χ0n) is 11.8. The number of rotatable bonds is 4. The SMILES string of the molecule is Cc1ccc(C=Cc2nc(SC3CCCCC3=O)n[nH]2)o1. The fourth-order valence-electron chi connectivity index (χ4n) is 2.29. The molecule has 5 nitrogen and oxygen atoms in total. The number of H-pyrrole nitrogens is 1. The van der Waals surface area contributed by atoms with Gasteiger partial charge < -0.3 is 4.42 Å². The number of aryl methyl sites for hydroxylation is 1. The average molecular weight is 303 g/mol. The Morgan fingerprint density at radius 2 is 2.29 bits per heavy atom. The van der Waals surface area contributed by atoms with Gasteiger partial charge in [-0.25, -0.2) is 4.98 Å². The van der Waals surface area contributed by atoms with Gasteiger partial charge in [0.05, 0.1) is 5.25 Å². The molecule has 0 bridgehead atoms. The Morgan fingerprint density at radius 1 is 1.38 bits per heavy atom. The molecule has 1 unspecified atom stereocenters. The molecule has 1 atom stereocenters. The minimum absolute atomic E-state index is 0.0131. The van der Waals surface area contributed by atoms with Crippen LogP contribution in [0.25, 0.3) is 12.2 Å². The lowest BCUT2D eigenvalue weighted by molar-refractivity contribution is -0.119. The van der Waals surface area contributed by atoms with Crippen molar-refractivity contribution in [2.75, 3.05) is 0 Å². The summed E-state index contributed by atoms with van der Waals surface area (Å²) in [5.74, 6) is 2.63. The van der Waals surface area contributed by atoms with Crippen LogP contribution in [0.1, 0.15) is 43.0 Å². The molecule has 2 heterocycles. The van der Waals surface area contributed by atoms with Crippen molar-refractivity contribution in [1.29, 1.82) is 0 Å². The molecule has 0 aliphatic heterocycles. The van der Waals surface area contributed by atoms with Crippen LogP contribution in [0, 0.1) is 6.92 Å². The summed E-state index contributed by atoms with van der Waals surface area (Å²) in [7, 11) is 0. The summed E-state index contributed by atoms with van der Waals surface area (Å²) in [5, 5.41) is 7.66. The Balaban J connectivity index is 1.63. The highest BCUT2D eigenvalue weighted by Gasteiger charge is 2.24. The van der Waals surface area contributed by atoms with E-state index in [2.05, 4.69) is 15.2 Å². The van der Waals surface area contributed by atoms with Gasteiger partial charge in [-0.1, -0.05) is 18.2 Å². The lowest BCUT2D eigenvalue weighted by Gasteiger charge is -2.17. The van der Waals surface area contributed by atoms with Gasteiger partial charge in [0.2, 0.25) is 5.16 Å². The number of nitrogens with one attached hydrogen (secondary N) is 1. The number of aromatic amines is 1. The van der Waals surface area contributed by atoms with Crippen LogP contribution >= 0.6 is 11.8 Å². The molecular formula is C15H17N3O2S. The first-order valence-electron chi connectivity index (χ1n) is 7.07. The van der Waals surface area contributed by atoms with E-state index in [-0.39, 0.29) is 5.25 Å². The van der Waals surface area contributed by atoms with Crippen molar-refractivity contribution in [3.8, 4) is 0 Å². The largest absolute Gasteiger partial charge is 0.462 e. The summed E-state index contributed by atoms with van der Waals surface area (Å²) in [6.07, 6.45) is 7.40. The highest BCUT2D eigenvalue weighted by molar-refractivity contribution is 8.00. The van der Waals surface area contributed by atoms with Crippen molar-refractivity contribution < 1.29 is 9.21 Å². The lowest BCUT2D eigenvalue weighted by atomic mass is 9.99. The molecule has 2 aromatic rings. The minimum Gasteiger partial charge on any atom is -0.462 e. The van der Waals surface area contributed by atoms with Crippen molar-refractivity contribution >= 4 is 29.7 Å². The first kappa shape index (κ1) is 14.1. The molecule has 1 aliphatic carbocycles. The predicted molar refractivity (Wildman–Crippen MR) is 81.9 cm³/mol. The minimum atomic E-state index is 0.0131. The molecule has 0 spiro atoms. The highest BCUT2D eigenvalue weighted by Crippen LogP contribution is 2.29. The zero-order valence-corrected chi connectivity index (χ0v) is 12.7. The quantitative estimate of drug-likeness (QED) is 0.936. The Morgan fingerprint density at radius 3 is 3.05 bits per heavy atom. The van der Waals surface area contributed by atoms with Gasteiger partial charge in [-0.15, -0.1) is 5.10 Å². The van der Waals surface area contributed by atoms with Gasteiger partial charge in [0, 0.05) is 6.42 Å².